The molecule has 2 heterocycles. The molecular weight excluding hydrogens is 318 g/mol. The molecule has 25 heavy (non-hydrogen) atoms. The quantitative estimate of drug-likeness (QED) is 0.923. The summed E-state index contributed by atoms with van der Waals surface area (Å²) in [4.78, 5) is 22.3. The summed E-state index contributed by atoms with van der Waals surface area (Å²) >= 11 is 0. The van der Waals surface area contributed by atoms with E-state index in [2.05, 4.69) is 39.6 Å². The van der Waals surface area contributed by atoms with E-state index in [0.717, 1.165) is 24.1 Å². The Kier molecular flexibility index (Phi) is 3.94. The topological polar surface area (TPSA) is 91.1 Å². The van der Waals surface area contributed by atoms with Crippen molar-refractivity contribution in [3.8, 4) is 6.07 Å². The maximum atomic E-state index is 11.9. The van der Waals surface area contributed by atoms with E-state index in [0.29, 0.717) is 19.0 Å². The van der Waals surface area contributed by atoms with E-state index in [1.54, 1.807) is 12.3 Å². The van der Waals surface area contributed by atoms with Crippen molar-refractivity contribution >= 4 is 12.0 Å². The molecule has 0 bridgehead atoms. The zero-order valence-corrected chi connectivity index (χ0v) is 13.6. The highest BCUT2D eigenvalue weighted by Gasteiger charge is 2.27. The molecule has 0 atom stereocenters. The molecule has 1 N–H and O–H groups in total. The third kappa shape index (κ3) is 3.11. The summed E-state index contributed by atoms with van der Waals surface area (Å²) in [6.07, 6.45) is 3.18. The predicted octanol–water partition coefficient (Wildman–Crippen LogP) is 2.03. The van der Waals surface area contributed by atoms with Crippen molar-refractivity contribution in [3.63, 3.8) is 0 Å². The Hall–Kier alpha value is -3.14. The van der Waals surface area contributed by atoms with E-state index >= 15 is 0 Å². The highest BCUT2D eigenvalue weighted by Crippen LogP contribution is 2.25. The predicted molar refractivity (Wildman–Crippen MR) is 89.5 cm³/mol. The van der Waals surface area contributed by atoms with E-state index in [1.807, 2.05) is 0 Å². The molecule has 0 radical (unpaired) electrons. The van der Waals surface area contributed by atoms with Gasteiger partial charge in [-0.25, -0.2) is 14.8 Å². The first-order valence-electron chi connectivity index (χ1n) is 8.19. The van der Waals surface area contributed by atoms with Gasteiger partial charge in [-0.15, -0.1) is 0 Å². The van der Waals surface area contributed by atoms with Crippen LogP contribution in [0.4, 0.5) is 10.7 Å². The molecule has 2 aliphatic rings. The van der Waals surface area contributed by atoms with Crippen molar-refractivity contribution in [2.24, 2.45) is 0 Å². The Labute approximate surface area is 145 Å². The zero-order valence-electron chi connectivity index (χ0n) is 13.6. The minimum atomic E-state index is -0.500. The summed E-state index contributed by atoms with van der Waals surface area (Å²) in [5.41, 5.74) is 4.47. The fourth-order valence-corrected chi connectivity index (χ4v) is 3.38. The lowest BCUT2D eigenvalue weighted by Gasteiger charge is -2.13. The zero-order chi connectivity index (χ0) is 17.2. The number of nitrogens with zero attached hydrogens (tertiary/aromatic N) is 4. The fraction of sp³-hybridized carbons (Fsp3) is 0.333. The third-order valence-corrected chi connectivity index (χ3v) is 4.56. The van der Waals surface area contributed by atoms with Gasteiger partial charge in [-0.05, 0) is 24.0 Å². The number of nitriles is 1. The number of carbonyl (C=O) groups excluding carboxylic acids is 1. The first kappa shape index (κ1) is 15.4. The molecule has 1 aliphatic carbocycles. The van der Waals surface area contributed by atoms with Crippen LogP contribution in [0.25, 0.3) is 0 Å². The fourth-order valence-electron chi connectivity index (χ4n) is 3.38. The van der Waals surface area contributed by atoms with Crippen molar-refractivity contribution < 1.29 is 9.53 Å². The number of anilines is 1. The lowest BCUT2D eigenvalue weighted by molar-refractivity contribution is 0.113. The van der Waals surface area contributed by atoms with Gasteiger partial charge in [-0.3, -0.25) is 4.90 Å². The van der Waals surface area contributed by atoms with Crippen LogP contribution in [-0.2, 0) is 30.7 Å². The SMILES string of the molecule is N#CCOC(=O)N1Cc2cnc(NC3Cc4ccccc4C3)nc2C1. The molecule has 0 fully saturated rings. The minimum Gasteiger partial charge on any atom is -0.434 e. The number of hydrogen-bond acceptors (Lipinski definition) is 6. The largest absolute Gasteiger partial charge is 0.434 e. The van der Waals surface area contributed by atoms with Crippen LogP contribution in [0.3, 0.4) is 0 Å². The summed E-state index contributed by atoms with van der Waals surface area (Å²) in [7, 11) is 0. The molecule has 0 saturated carbocycles. The maximum absolute atomic E-state index is 11.9. The van der Waals surface area contributed by atoms with Gasteiger partial charge in [0.2, 0.25) is 5.95 Å². The summed E-state index contributed by atoms with van der Waals surface area (Å²) < 4.78 is 4.84. The number of aromatic nitrogens is 2. The monoisotopic (exact) mass is 335 g/mol. The number of carbonyl (C=O) groups is 1. The molecule has 126 valence electrons. The van der Waals surface area contributed by atoms with Gasteiger partial charge in [-0.2, -0.15) is 5.26 Å². The van der Waals surface area contributed by atoms with Crippen molar-refractivity contribution in [1.82, 2.24) is 14.9 Å². The van der Waals surface area contributed by atoms with Crippen LogP contribution < -0.4 is 5.32 Å². The Balaban J connectivity index is 1.41. The number of nitrogens with one attached hydrogen (secondary N) is 1. The van der Waals surface area contributed by atoms with Gasteiger partial charge in [0.25, 0.3) is 0 Å². The van der Waals surface area contributed by atoms with Gasteiger partial charge < -0.3 is 10.1 Å². The van der Waals surface area contributed by atoms with Gasteiger partial charge in [0.15, 0.2) is 6.61 Å². The first-order valence-corrected chi connectivity index (χ1v) is 8.19. The summed E-state index contributed by atoms with van der Waals surface area (Å²) in [6, 6.07) is 10.5. The molecule has 7 nitrogen and oxygen atoms in total. The molecule has 0 spiro atoms. The molecule has 7 heteroatoms. The summed E-state index contributed by atoms with van der Waals surface area (Å²) in [5, 5.41) is 11.9. The van der Waals surface area contributed by atoms with Crippen LogP contribution in [-0.4, -0.2) is 33.6 Å². The molecular formula is C18H17N5O2. The maximum Gasteiger partial charge on any atom is 0.411 e. The van der Waals surface area contributed by atoms with Crippen molar-refractivity contribution in [3.05, 3.63) is 52.8 Å². The van der Waals surface area contributed by atoms with E-state index in [1.165, 1.54) is 16.0 Å². The molecule has 1 aromatic carbocycles. The number of hydrogen-bond donors (Lipinski definition) is 1. The van der Waals surface area contributed by atoms with Gasteiger partial charge in [0.05, 0.1) is 18.8 Å². The van der Waals surface area contributed by atoms with Gasteiger partial charge in [0, 0.05) is 17.8 Å². The number of amides is 1. The highest BCUT2D eigenvalue weighted by molar-refractivity contribution is 5.68. The van der Waals surface area contributed by atoms with Crippen LogP contribution in [0.2, 0.25) is 0 Å². The lowest BCUT2D eigenvalue weighted by Crippen LogP contribution is -2.26. The summed E-state index contributed by atoms with van der Waals surface area (Å²) in [5.74, 6) is 0.587. The van der Waals surface area contributed by atoms with E-state index in [-0.39, 0.29) is 12.6 Å². The van der Waals surface area contributed by atoms with E-state index in [9.17, 15) is 4.79 Å². The molecule has 1 amide bonds. The second kappa shape index (κ2) is 6.40. The highest BCUT2D eigenvalue weighted by atomic mass is 16.6. The smallest absolute Gasteiger partial charge is 0.411 e. The lowest BCUT2D eigenvalue weighted by atomic mass is 10.1. The molecule has 1 aromatic heterocycles. The third-order valence-electron chi connectivity index (χ3n) is 4.56. The second-order valence-corrected chi connectivity index (χ2v) is 6.25. The molecule has 0 unspecified atom stereocenters. The van der Waals surface area contributed by atoms with Crippen LogP contribution in [0, 0.1) is 11.3 Å². The molecule has 0 saturated heterocycles. The van der Waals surface area contributed by atoms with Crippen LogP contribution in [0.15, 0.2) is 30.5 Å². The Morgan fingerprint density at radius 1 is 1.28 bits per heavy atom. The van der Waals surface area contributed by atoms with Crippen molar-refractivity contribution in [1.29, 1.82) is 5.26 Å². The van der Waals surface area contributed by atoms with Gasteiger partial charge >= 0.3 is 6.09 Å². The Morgan fingerprint density at radius 3 is 2.76 bits per heavy atom. The standard InChI is InChI=1S/C18H17N5O2/c19-5-6-25-18(24)23-10-14-9-20-17(22-16(14)11-23)21-15-7-12-3-1-2-4-13(12)8-15/h1-4,9,15H,6-8,10-11H2,(H,20,21,22). The van der Waals surface area contributed by atoms with E-state index < -0.39 is 6.09 Å². The average molecular weight is 335 g/mol. The average Bonchev–Trinajstić information content (AvgIpc) is 3.22. The minimum absolute atomic E-state index is 0.244. The number of benzene rings is 1. The summed E-state index contributed by atoms with van der Waals surface area (Å²) in [6.45, 7) is 0.544. The number of fused-ring (bicyclic) bond motifs is 2. The number of ether oxygens (including phenoxy) is 1. The number of rotatable bonds is 3. The van der Waals surface area contributed by atoms with Crippen LogP contribution in [0.5, 0.6) is 0 Å². The van der Waals surface area contributed by atoms with Gasteiger partial charge in [0.1, 0.15) is 6.07 Å². The van der Waals surface area contributed by atoms with Gasteiger partial charge in [-0.1, -0.05) is 24.3 Å². The van der Waals surface area contributed by atoms with Crippen LogP contribution >= 0.6 is 0 Å². The van der Waals surface area contributed by atoms with E-state index in [4.69, 9.17) is 10.00 Å². The molecule has 4 rings (SSSR count). The Morgan fingerprint density at radius 2 is 2.04 bits per heavy atom. The van der Waals surface area contributed by atoms with Crippen molar-refractivity contribution in [2.75, 3.05) is 11.9 Å². The second-order valence-electron chi connectivity index (χ2n) is 6.25. The molecule has 2 aromatic rings. The molecule has 1 aliphatic heterocycles. The van der Waals surface area contributed by atoms with Crippen LogP contribution in [0.1, 0.15) is 22.4 Å². The first-order chi connectivity index (χ1) is 12.2. The Bertz CT molecular complexity index is 836. The van der Waals surface area contributed by atoms with Crippen molar-refractivity contribution in [2.45, 2.75) is 32.0 Å². The normalized spacial score (nSPS) is 15.4.